The van der Waals surface area contributed by atoms with Crippen molar-refractivity contribution in [3.8, 4) is 0 Å². The fourth-order valence-electron chi connectivity index (χ4n) is 0.564. The van der Waals surface area contributed by atoms with E-state index in [0.29, 0.717) is 18.0 Å². The van der Waals surface area contributed by atoms with E-state index in [1.54, 1.807) is 0 Å². The zero-order chi connectivity index (χ0) is 9.78. The summed E-state index contributed by atoms with van der Waals surface area (Å²) >= 11 is 4.67. The molecule has 0 fully saturated rings. The number of amides is 1. The minimum absolute atomic E-state index is 0.0266. The third-order valence-corrected chi connectivity index (χ3v) is 1.54. The van der Waals surface area contributed by atoms with Crippen molar-refractivity contribution < 1.29 is 4.79 Å². The number of hydrogen-bond donors (Lipinski definition) is 2. The van der Waals surface area contributed by atoms with Crippen molar-refractivity contribution in [3.05, 3.63) is 0 Å². The molecular formula is C8H16N2OS. The molecule has 0 atom stereocenters. The number of rotatable bonds is 3. The first-order chi connectivity index (χ1) is 5.34. The van der Waals surface area contributed by atoms with Crippen LogP contribution in [-0.4, -0.2) is 17.4 Å². The standard InChI is InChI=1S/C8H16N2OS/c1-8(2,3)7(11)10-5-4-6(9)12/h4-5H2,1-3H3,(H2,9,12)(H,10,11). The summed E-state index contributed by atoms with van der Waals surface area (Å²) in [4.78, 5) is 11.7. The highest BCUT2D eigenvalue weighted by molar-refractivity contribution is 7.80. The van der Waals surface area contributed by atoms with E-state index in [-0.39, 0.29) is 11.3 Å². The van der Waals surface area contributed by atoms with Crippen LogP contribution in [0.4, 0.5) is 0 Å². The molecule has 3 nitrogen and oxygen atoms in total. The first-order valence-corrected chi connectivity index (χ1v) is 4.31. The molecule has 4 heteroatoms. The molecular weight excluding hydrogens is 172 g/mol. The smallest absolute Gasteiger partial charge is 0.225 e. The van der Waals surface area contributed by atoms with Gasteiger partial charge in [-0.2, -0.15) is 0 Å². The lowest BCUT2D eigenvalue weighted by atomic mass is 9.96. The molecule has 0 bridgehead atoms. The van der Waals surface area contributed by atoms with Gasteiger partial charge in [0.15, 0.2) is 0 Å². The van der Waals surface area contributed by atoms with Crippen molar-refractivity contribution in [2.24, 2.45) is 11.1 Å². The predicted octanol–water partition coefficient (Wildman–Crippen LogP) is 0.825. The minimum atomic E-state index is -0.337. The van der Waals surface area contributed by atoms with Gasteiger partial charge in [0.05, 0.1) is 4.99 Å². The molecule has 0 rings (SSSR count). The van der Waals surface area contributed by atoms with Crippen LogP contribution in [0.5, 0.6) is 0 Å². The molecule has 0 saturated heterocycles. The summed E-state index contributed by atoms with van der Waals surface area (Å²) in [7, 11) is 0. The molecule has 0 aromatic heterocycles. The molecule has 3 N–H and O–H groups in total. The molecule has 0 aliphatic carbocycles. The maximum Gasteiger partial charge on any atom is 0.225 e. The van der Waals surface area contributed by atoms with Gasteiger partial charge in [-0.15, -0.1) is 0 Å². The molecule has 0 saturated carbocycles. The number of nitrogens with two attached hydrogens (primary N) is 1. The topological polar surface area (TPSA) is 55.1 Å². The monoisotopic (exact) mass is 188 g/mol. The Kier molecular flexibility index (Phi) is 4.17. The quantitative estimate of drug-likeness (QED) is 0.645. The highest BCUT2D eigenvalue weighted by atomic mass is 32.1. The predicted molar refractivity (Wildman–Crippen MR) is 53.9 cm³/mol. The number of hydrogen-bond acceptors (Lipinski definition) is 2. The van der Waals surface area contributed by atoms with Gasteiger partial charge in [-0.05, 0) is 0 Å². The Morgan fingerprint density at radius 2 is 2.00 bits per heavy atom. The highest BCUT2D eigenvalue weighted by Crippen LogP contribution is 2.11. The minimum Gasteiger partial charge on any atom is -0.393 e. The summed E-state index contributed by atoms with van der Waals surface area (Å²) in [5.41, 5.74) is 4.93. The van der Waals surface area contributed by atoms with Gasteiger partial charge in [0.25, 0.3) is 0 Å². The van der Waals surface area contributed by atoms with E-state index >= 15 is 0 Å². The van der Waals surface area contributed by atoms with Gasteiger partial charge in [-0.25, -0.2) is 0 Å². The molecule has 0 aromatic carbocycles. The molecule has 0 aromatic rings. The molecule has 0 radical (unpaired) electrons. The van der Waals surface area contributed by atoms with Crippen molar-refractivity contribution >= 4 is 23.1 Å². The normalized spacial score (nSPS) is 10.9. The third-order valence-electron chi connectivity index (χ3n) is 1.34. The summed E-state index contributed by atoms with van der Waals surface area (Å²) in [5.74, 6) is 0.0266. The van der Waals surface area contributed by atoms with Crippen molar-refractivity contribution in [2.75, 3.05) is 6.54 Å². The number of carbonyl (C=O) groups is 1. The van der Waals surface area contributed by atoms with E-state index in [1.807, 2.05) is 20.8 Å². The Morgan fingerprint density at radius 3 is 2.33 bits per heavy atom. The van der Waals surface area contributed by atoms with Crippen LogP contribution in [0.3, 0.4) is 0 Å². The van der Waals surface area contributed by atoms with Gasteiger partial charge in [0.2, 0.25) is 5.91 Å². The molecule has 70 valence electrons. The van der Waals surface area contributed by atoms with E-state index in [0.717, 1.165) is 0 Å². The highest BCUT2D eigenvalue weighted by Gasteiger charge is 2.20. The fourth-order valence-corrected chi connectivity index (χ4v) is 0.666. The third kappa shape index (κ3) is 5.07. The van der Waals surface area contributed by atoms with Crippen LogP contribution in [0.2, 0.25) is 0 Å². The van der Waals surface area contributed by atoms with Crippen LogP contribution in [0.25, 0.3) is 0 Å². The average Bonchev–Trinajstić information content (AvgIpc) is 1.84. The Morgan fingerprint density at radius 1 is 1.50 bits per heavy atom. The van der Waals surface area contributed by atoms with Gasteiger partial charge in [-0.1, -0.05) is 33.0 Å². The van der Waals surface area contributed by atoms with Gasteiger partial charge in [0, 0.05) is 18.4 Å². The first-order valence-electron chi connectivity index (χ1n) is 3.90. The summed E-state index contributed by atoms with van der Waals surface area (Å²) in [5, 5.41) is 2.75. The maximum absolute atomic E-state index is 11.3. The molecule has 0 unspecified atom stereocenters. The Bertz CT molecular complexity index is 184. The SMILES string of the molecule is CC(C)(C)C(=O)NCCC(N)=S. The van der Waals surface area contributed by atoms with E-state index in [4.69, 9.17) is 5.73 Å². The number of carbonyl (C=O) groups excluding carboxylic acids is 1. The van der Waals surface area contributed by atoms with Crippen LogP contribution in [0.15, 0.2) is 0 Å². The van der Waals surface area contributed by atoms with Gasteiger partial charge < -0.3 is 11.1 Å². The van der Waals surface area contributed by atoms with Crippen molar-refractivity contribution in [2.45, 2.75) is 27.2 Å². The average molecular weight is 188 g/mol. The van der Waals surface area contributed by atoms with Crippen LogP contribution in [0, 0.1) is 5.41 Å². The Hall–Kier alpha value is -0.640. The molecule has 1 amide bonds. The van der Waals surface area contributed by atoms with Crippen LogP contribution in [-0.2, 0) is 4.79 Å². The van der Waals surface area contributed by atoms with E-state index in [9.17, 15) is 4.79 Å². The van der Waals surface area contributed by atoms with Gasteiger partial charge in [0.1, 0.15) is 0 Å². The zero-order valence-corrected chi connectivity index (χ0v) is 8.62. The molecule has 12 heavy (non-hydrogen) atoms. The number of thiocarbonyl (C=S) groups is 1. The first kappa shape index (κ1) is 11.4. The molecule has 0 aliphatic rings. The lowest BCUT2D eigenvalue weighted by Gasteiger charge is -2.17. The second-order valence-corrected chi connectivity index (χ2v) is 4.25. The second-order valence-electron chi connectivity index (χ2n) is 3.72. The van der Waals surface area contributed by atoms with Crippen molar-refractivity contribution in [1.29, 1.82) is 0 Å². The fraction of sp³-hybridized carbons (Fsp3) is 0.750. The lowest BCUT2D eigenvalue weighted by Crippen LogP contribution is -2.36. The van der Waals surface area contributed by atoms with E-state index in [1.165, 1.54) is 0 Å². The summed E-state index contributed by atoms with van der Waals surface area (Å²) in [6.07, 6.45) is 0.567. The Balaban J connectivity index is 3.66. The van der Waals surface area contributed by atoms with E-state index in [2.05, 4.69) is 17.5 Å². The molecule has 0 spiro atoms. The van der Waals surface area contributed by atoms with E-state index < -0.39 is 0 Å². The largest absolute Gasteiger partial charge is 0.393 e. The summed E-state index contributed by atoms with van der Waals surface area (Å²) in [6.45, 7) is 6.13. The van der Waals surface area contributed by atoms with Crippen LogP contribution < -0.4 is 11.1 Å². The Labute approximate surface area is 78.7 Å². The zero-order valence-electron chi connectivity index (χ0n) is 7.81. The maximum atomic E-state index is 11.3. The van der Waals surface area contributed by atoms with Crippen molar-refractivity contribution in [3.63, 3.8) is 0 Å². The second kappa shape index (κ2) is 4.40. The molecule has 0 aliphatic heterocycles. The van der Waals surface area contributed by atoms with Crippen LogP contribution in [0.1, 0.15) is 27.2 Å². The van der Waals surface area contributed by atoms with Gasteiger partial charge in [-0.3, -0.25) is 4.79 Å². The molecule has 0 heterocycles. The number of nitrogens with one attached hydrogen (secondary N) is 1. The lowest BCUT2D eigenvalue weighted by molar-refractivity contribution is -0.128. The van der Waals surface area contributed by atoms with Crippen molar-refractivity contribution in [1.82, 2.24) is 5.32 Å². The van der Waals surface area contributed by atoms with Gasteiger partial charge >= 0.3 is 0 Å². The van der Waals surface area contributed by atoms with Crippen LogP contribution >= 0.6 is 12.2 Å². The summed E-state index contributed by atoms with van der Waals surface area (Å²) in [6, 6.07) is 0. The summed E-state index contributed by atoms with van der Waals surface area (Å²) < 4.78 is 0.